The number of rotatable bonds is 4. The second kappa shape index (κ2) is 7.28. The predicted octanol–water partition coefficient (Wildman–Crippen LogP) is 4.10. The van der Waals surface area contributed by atoms with Crippen molar-refractivity contribution >= 4 is 5.69 Å². The van der Waals surface area contributed by atoms with Crippen molar-refractivity contribution in [1.29, 1.82) is 0 Å². The summed E-state index contributed by atoms with van der Waals surface area (Å²) in [5.41, 5.74) is 3.58. The van der Waals surface area contributed by atoms with Crippen LogP contribution in [0.15, 0.2) is 54.6 Å². The molecule has 19 heavy (non-hydrogen) atoms. The second-order valence-electron chi connectivity index (χ2n) is 4.47. The molecule has 0 aliphatic rings. The smallest absolute Gasteiger partial charge is 0.0769 e. The molecule has 1 heteroatoms. The molecule has 2 aromatic rings. The number of hydrogen-bond acceptors (Lipinski definition) is 1. The molecule has 0 atom stereocenters. The van der Waals surface area contributed by atoms with Crippen LogP contribution in [0.3, 0.4) is 0 Å². The third-order valence-electron chi connectivity index (χ3n) is 2.88. The SMILES string of the molecule is CCCc1ccc(NCC#Cc2ccccc2)cc1. The summed E-state index contributed by atoms with van der Waals surface area (Å²) in [7, 11) is 0. The van der Waals surface area contributed by atoms with Gasteiger partial charge in [-0.3, -0.25) is 0 Å². The fraction of sp³-hybridized carbons (Fsp3) is 0.222. The summed E-state index contributed by atoms with van der Waals surface area (Å²) in [5.74, 6) is 6.26. The molecule has 0 bridgehead atoms. The topological polar surface area (TPSA) is 12.0 Å². The average molecular weight is 249 g/mol. The zero-order chi connectivity index (χ0) is 13.3. The maximum absolute atomic E-state index is 3.31. The van der Waals surface area contributed by atoms with Crippen molar-refractivity contribution in [2.24, 2.45) is 0 Å². The van der Waals surface area contributed by atoms with E-state index in [0.717, 1.165) is 17.7 Å². The average Bonchev–Trinajstić information content (AvgIpc) is 2.47. The number of nitrogens with one attached hydrogen (secondary N) is 1. The van der Waals surface area contributed by atoms with Crippen LogP contribution >= 0.6 is 0 Å². The van der Waals surface area contributed by atoms with E-state index in [4.69, 9.17) is 0 Å². The molecule has 1 N–H and O–H groups in total. The Hall–Kier alpha value is -2.20. The number of hydrogen-bond donors (Lipinski definition) is 1. The van der Waals surface area contributed by atoms with E-state index in [2.05, 4.69) is 48.3 Å². The van der Waals surface area contributed by atoms with Crippen molar-refractivity contribution in [2.45, 2.75) is 19.8 Å². The maximum Gasteiger partial charge on any atom is 0.0769 e. The van der Waals surface area contributed by atoms with Crippen molar-refractivity contribution in [3.63, 3.8) is 0 Å². The summed E-state index contributed by atoms with van der Waals surface area (Å²) >= 11 is 0. The van der Waals surface area contributed by atoms with Crippen LogP contribution < -0.4 is 5.32 Å². The maximum atomic E-state index is 3.31. The highest BCUT2D eigenvalue weighted by Crippen LogP contribution is 2.10. The summed E-state index contributed by atoms with van der Waals surface area (Å²) in [6.07, 6.45) is 2.34. The summed E-state index contributed by atoms with van der Waals surface area (Å²) in [5, 5.41) is 3.31. The minimum Gasteiger partial charge on any atom is -0.374 e. The highest BCUT2D eigenvalue weighted by atomic mass is 14.8. The van der Waals surface area contributed by atoms with E-state index in [1.165, 1.54) is 12.0 Å². The van der Waals surface area contributed by atoms with Gasteiger partial charge in [0, 0.05) is 11.3 Å². The molecule has 0 amide bonds. The predicted molar refractivity (Wildman–Crippen MR) is 82.2 cm³/mol. The van der Waals surface area contributed by atoms with Gasteiger partial charge in [0.1, 0.15) is 0 Å². The van der Waals surface area contributed by atoms with Gasteiger partial charge in [-0.05, 0) is 36.2 Å². The van der Waals surface area contributed by atoms with E-state index in [0.29, 0.717) is 6.54 Å². The lowest BCUT2D eigenvalue weighted by Crippen LogP contribution is -1.98. The van der Waals surface area contributed by atoms with Gasteiger partial charge in [0.25, 0.3) is 0 Å². The lowest BCUT2D eigenvalue weighted by atomic mass is 10.1. The summed E-state index contributed by atoms with van der Waals surface area (Å²) in [6.45, 7) is 2.87. The second-order valence-corrected chi connectivity index (χ2v) is 4.47. The van der Waals surface area contributed by atoms with Crippen molar-refractivity contribution in [1.82, 2.24) is 0 Å². The molecular weight excluding hydrogens is 230 g/mol. The Bertz CT molecular complexity index is 544. The van der Waals surface area contributed by atoms with Crippen LogP contribution in [0, 0.1) is 11.8 Å². The van der Waals surface area contributed by atoms with Gasteiger partial charge in [-0.15, -0.1) is 0 Å². The van der Waals surface area contributed by atoms with E-state index in [9.17, 15) is 0 Å². The quantitative estimate of drug-likeness (QED) is 0.804. The van der Waals surface area contributed by atoms with Gasteiger partial charge in [-0.1, -0.05) is 55.5 Å². The standard InChI is InChI=1S/C18H19N/c1-2-7-16-11-13-18(14-12-16)19-15-6-10-17-8-4-3-5-9-17/h3-5,8-9,11-14,19H,2,7,15H2,1H3. The van der Waals surface area contributed by atoms with E-state index in [-0.39, 0.29) is 0 Å². The molecule has 96 valence electrons. The molecular formula is C18H19N. The number of aryl methyl sites for hydroxylation is 1. The molecule has 0 unspecified atom stereocenters. The highest BCUT2D eigenvalue weighted by Gasteiger charge is 1.92. The molecule has 0 fully saturated rings. The molecule has 0 radical (unpaired) electrons. The van der Waals surface area contributed by atoms with Gasteiger partial charge in [0.05, 0.1) is 6.54 Å². The van der Waals surface area contributed by atoms with Crippen molar-refractivity contribution < 1.29 is 0 Å². The first kappa shape index (κ1) is 13.2. The lowest BCUT2D eigenvalue weighted by molar-refractivity contribution is 0.922. The summed E-state index contributed by atoms with van der Waals surface area (Å²) < 4.78 is 0. The first-order chi connectivity index (χ1) is 9.38. The molecule has 0 aliphatic carbocycles. The van der Waals surface area contributed by atoms with Gasteiger partial charge >= 0.3 is 0 Å². The van der Waals surface area contributed by atoms with E-state index >= 15 is 0 Å². The zero-order valence-corrected chi connectivity index (χ0v) is 11.3. The first-order valence-electron chi connectivity index (χ1n) is 6.75. The van der Waals surface area contributed by atoms with E-state index in [1.807, 2.05) is 30.3 Å². The normalized spacial score (nSPS) is 9.53. The van der Waals surface area contributed by atoms with Crippen LogP contribution in [0.2, 0.25) is 0 Å². The molecule has 2 rings (SSSR count). The van der Waals surface area contributed by atoms with Gasteiger partial charge in [0.15, 0.2) is 0 Å². The lowest BCUT2D eigenvalue weighted by Gasteiger charge is -2.03. The van der Waals surface area contributed by atoms with Gasteiger partial charge in [0.2, 0.25) is 0 Å². The fourth-order valence-electron chi connectivity index (χ4n) is 1.89. The Balaban J connectivity index is 1.84. The van der Waals surface area contributed by atoms with E-state index < -0.39 is 0 Å². The Morgan fingerprint density at radius 1 is 0.947 bits per heavy atom. The van der Waals surface area contributed by atoms with E-state index in [1.54, 1.807) is 0 Å². The minimum atomic E-state index is 0.669. The highest BCUT2D eigenvalue weighted by molar-refractivity contribution is 5.46. The minimum absolute atomic E-state index is 0.669. The van der Waals surface area contributed by atoms with Crippen LogP contribution in [0.4, 0.5) is 5.69 Å². The van der Waals surface area contributed by atoms with Gasteiger partial charge in [-0.25, -0.2) is 0 Å². The van der Waals surface area contributed by atoms with Crippen LogP contribution in [-0.4, -0.2) is 6.54 Å². The van der Waals surface area contributed by atoms with Gasteiger partial charge in [-0.2, -0.15) is 0 Å². The molecule has 1 nitrogen and oxygen atoms in total. The van der Waals surface area contributed by atoms with Crippen molar-refractivity contribution in [3.8, 4) is 11.8 Å². The first-order valence-corrected chi connectivity index (χ1v) is 6.75. The van der Waals surface area contributed by atoms with Crippen molar-refractivity contribution in [3.05, 3.63) is 65.7 Å². The largest absolute Gasteiger partial charge is 0.374 e. The Morgan fingerprint density at radius 2 is 1.68 bits per heavy atom. The molecule has 2 aromatic carbocycles. The molecule has 0 aliphatic heterocycles. The summed E-state index contributed by atoms with van der Waals surface area (Å²) in [6, 6.07) is 18.6. The summed E-state index contributed by atoms with van der Waals surface area (Å²) in [4.78, 5) is 0. The Labute approximate surface area is 115 Å². The number of benzene rings is 2. The molecule has 0 aromatic heterocycles. The third kappa shape index (κ3) is 4.52. The zero-order valence-electron chi connectivity index (χ0n) is 11.3. The molecule has 0 saturated carbocycles. The van der Waals surface area contributed by atoms with Crippen LogP contribution in [0.1, 0.15) is 24.5 Å². The van der Waals surface area contributed by atoms with Crippen LogP contribution in [0.25, 0.3) is 0 Å². The Morgan fingerprint density at radius 3 is 2.37 bits per heavy atom. The van der Waals surface area contributed by atoms with Crippen LogP contribution in [0.5, 0.6) is 0 Å². The van der Waals surface area contributed by atoms with Gasteiger partial charge < -0.3 is 5.32 Å². The molecule has 0 heterocycles. The Kier molecular flexibility index (Phi) is 5.07. The number of anilines is 1. The van der Waals surface area contributed by atoms with Crippen LogP contribution in [-0.2, 0) is 6.42 Å². The molecule has 0 saturated heterocycles. The monoisotopic (exact) mass is 249 g/mol. The third-order valence-corrected chi connectivity index (χ3v) is 2.88. The van der Waals surface area contributed by atoms with Crippen molar-refractivity contribution in [2.75, 3.05) is 11.9 Å². The molecule has 0 spiro atoms. The fourth-order valence-corrected chi connectivity index (χ4v) is 1.89.